The highest BCUT2D eigenvalue weighted by atomic mass is 14.4. The minimum atomic E-state index is 0.133. The van der Waals surface area contributed by atoms with Crippen LogP contribution in [0.5, 0.6) is 0 Å². The Bertz CT molecular complexity index is 1190. The van der Waals surface area contributed by atoms with Crippen LogP contribution in [0.15, 0.2) is 35.4 Å². The van der Waals surface area contributed by atoms with Gasteiger partial charge in [-0.05, 0) is 92.9 Å². The monoisotopic (exact) mass is 510 g/mol. The Hall–Kier alpha value is -2.08. The van der Waals surface area contributed by atoms with Crippen LogP contribution in [0, 0.1) is 0 Å². The van der Waals surface area contributed by atoms with Crippen molar-refractivity contribution in [3.63, 3.8) is 0 Å². The Morgan fingerprint density at radius 1 is 0.447 bits per heavy atom. The highest BCUT2D eigenvalue weighted by Crippen LogP contribution is 2.52. The van der Waals surface area contributed by atoms with Gasteiger partial charge in [-0.1, -0.05) is 131 Å². The number of benzene rings is 2. The van der Waals surface area contributed by atoms with Gasteiger partial charge in [0.1, 0.15) is 0 Å². The van der Waals surface area contributed by atoms with Crippen molar-refractivity contribution in [3.05, 3.63) is 79.9 Å². The number of allylic oxidation sites excluding steroid dienone is 2. The third kappa shape index (κ3) is 5.10. The molecule has 2 aliphatic rings. The van der Waals surface area contributed by atoms with Crippen LogP contribution in [0.1, 0.15) is 166 Å². The Morgan fingerprint density at radius 3 is 0.974 bits per heavy atom. The van der Waals surface area contributed by atoms with Gasteiger partial charge in [0.2, 0.25) is 0 Å². The number of rotatable bonds is 3. The van der Waals surface area contributed by atoms with E-state index in [9.17, 15) is 0 Å². The van der Waals surface area contributed by atoms with Crippen molar-refractivity contribution in [2.75, 3.05) is 0 Å². The van der Waals surface area contributed by atoms with E-state index in [4.69, 9.17) is 0 Å². The largest absolute Gasteiger partial charge is 0.0652 e. The molecule has 2 unspecified atom stereocenters. The first-order valence-corrected chi connectivity index (χ1v) is 14.9. The quantitative estimate of drug-likeness (QED) is 0.385. The maximum Gasteiger partial charge on any atom is 0.00580 e. The molecule has 2 aromatic rings. The molecule has 2 atom stereocenters. The average Bonchev–Trinajstić information content (AvgIpc) is 3.23. The summed E-state index contributed by atoms with van der Waals surface area (Å²) < 4.78 is 0. The molecule has 0 heteroatoms. The molecule has 0 bridgehead atoms. The lowest BCUT2D eigenvalue weighted by Gasteiger charge is -2.32. The van der Waals surface area contributed by atoms with Gasteiger partial charge in [0, 0.05) is 11.8 Å². The first kappa shape index (κ1) is 28.9. The van der Waals surface area contributed by atoms with Crippen LogP contribution in [0.4, 0.5) is 0 Å². The second-order valence-electron chi connectivity index (χ2n) is 16.4. The minimum absolute atomic E-state index is 0.133. The van der Waals surface area contributed by atoms with Crippen molar-refractivity contribution in [1.82, 2.24) is 0 Å². The fraction of sp³-hybridized carbons (Fsp3) is 0.579. The second-order valence-corrected chi connectivity index (χ2v) is 16.4. The molecule has 38 heavy (non-hydrogen) atoms. The Labute approximate surface area is 235 Å². The van der Waals surface area contributed by atoms with Crippen LogP contribution in [0.3, 0.4) is 0 Å². The molecule has 0 N–H and O–H groups in total. The van der Waals surface area contributed by atoms with E-state index in [0.717, 1.165) is 0 Å². The average molecular weight is 511 g/mol. The molecule has 0 aliphatic heterocycles. The van der Waals surface area contributed by atoms with Gasteiger partial charge < -0.3 is 0 Å². The van der Waals surface area contributed by atoms with Crippen LogP contribution >= 0.6 is 0 Å². The Kier molecular flexibility index (Phi) is 7.04. The predicted molar refractivity (Wildman–Crippen MR) is 170 cm³/mol. The van der Waals surface area contributed by atoms with E-state index in [0.29, 0.717) is 11.8 Å². The van der Waals surface area contributed by atoms with Crippen molar-refractivity contribution in [2.45, 2.75) is 143 Å². The highest BCUT2D eigenvalue weighted by Gasteiger charge is 2.37. The zero-order valence-corrected chi connectivity index (χ0v) is 27.0. The number of fused-ring (bicyclic) bond motifs is 2. The van der Waals surface area contributed by atoms with Crippen molar-refractivity contribution in [1.29, 1.82) is 0 Å². The van der Waals surface area contributed by atoms with Crippen molar-refractivity contribution in [2.24, 2.45) is 0 Å². The summed E-state index contributed by atoms with van der Waals surface area (Å²) in [7, 11) is 0. The summed E-state index contributed by atoms with van der Waals surface area (Å²) in [6, 6.07) is 9.72. The molecular weight excluding hydrogens is 456 g/mol. The molecule has 4 rings (SSSR count). The lowest BCUT2D eigenvalue weighted by Crippen LogP contribution is -2.21. The summed E-state index contributed by atoms with van der Waals surface area (Å²) in [6.45, 7) is 33.2. The van der Waals surface area contributed by atoms with E-state index < -0.39 is 0 Å². The van der Waals surface area contributed by atoms with Crippen LogP contribution in [0.2, 0.25) is 0 Å². The molecule has 0 saturated carbocycles. The predicted octanol–water partition coefficient (Wildman–Crippen LogP) is 11.4. The van der Waals surface area contributed by atoms with Crippen LogP contribution in [0.25, 0.3) is 12.2 Å². The molecule has 2 aliphatic carbocycles. The van der Waals surface area contributed by atoms with Gasteiger partial charge in [0.05, 0.1) is 0 Å². The standard InChI is InChI=1S/C38H54/c1-23-21-27-29(35(3,4)5)17-19-31(37(9,10)11)33(27)25(23)15-16-26-24(2)22-28-30(36(6,7)8)18-20-32(34(26)28)38(12,13)14/h17-22,25-26H,15-16H2,1-14H3. The molecule has 0 aromatic heterocycles. The SMILES string of the molecule is CC1=Cc2c(C(C)(C)C)ccc(C(C)(C)C)c2C1CCC1C(C)=Cc2c(C(C)(C)C)ccc(C(C)(C)C)c21. The van der Waals surface area contributed by atoms with Crippen molar-refractivity contribution in [3.8, 4) is 0 Å². The molecule has 0 amide bonds. The smallest absolute Gasteiger partial charge is 0.00580 e. The summed E-state index contributed by atoms with van der Waals surface area (Å²) in [4.78, 5) is 0. The van der Waals surface area contributed by atoms with E-state index in [2.05, 4.69) is 133 Å². The zero-order valence-electron chi connectivity index (χ0n) is 27.0. The van der Waals surface area contributed by atoms with Gasteiger partial charge in [-0.15, -0.1) is 0 Å². The maximum atomic E-state index is 2.53. The van der Waals surface area contributed by atoms with Gasteiger partial charge in [-0.2, -0.15) is 0 Å². The third-order valence-electron chi connectivity index (χ3n) is 9.09. The van der Waals surface area contributed by atoms with E-state index >= 15 is 0 Å². The normalized spacial score (nSPS) is 19.8. The molecule has 206 valence electrons. The Balaban J connectivity index is 1.79. The van der Waals surface area contributed by atoms with Gasteiger partial charge in [0.25, 0.3) is 0 Å². The van der Waals surface area contributed by atoms with Gasteiger partial charge in [0.15, 0.2) is 0 Å². The van der Waals surface area contributed by atoms with Gasteiger partial charge in [-0.25, -0.2) is 0 Å². The van der Waals surface area contributed by atoms with E-state index in [1.165, 1.54) is 46.2 Å². The fourth-order valence-corrected chi connectivity index (χ4v) is 7.14. The van der Waals surface area contributed by atoms with Crippen molar-refractivity contribution < 1.29 is 0 Å². The van der Waals surface area contributed by atoms with Crippen LogP contribution in [-0.4, -0.2) is 0 Å². The number of hydrogen-bond acceptors (Lipinski definition) is 0. The fourth-order valence-electron chi connectivity index (χ4n) is 7.14. The molecular formula is C38H54. The first-order valence-electron chi connectivity index (χ1n) is 14.9. The summed E-state index contributed by atoms with van der Waals surface area (Å²) in [5.41, 5.74) is 15.9. The molecule has 0 nitrogen and oxygen atoms in total. The van der Waals surface area contributed by atoms with Gasteiger partial charge >= 0.3 is 0 Å². The molecule has 2 aromatic carbocycles. The van der Waals surface area contributed by atoms with E-state index in [-0.39, 0.29) is 21.7 Å². The second kappa shape index (κ2) is 9.25. The summed E-state index contributed by atoms with van der Waals surface area (Å²) in [5.74, 6) is 1.00. The summed E-state index contributed by atoms with van der Waals surface area (Å²) in [5, 5.41) is 0. The summed E-state index contributed by atoms with van der Waals surface area (Å²) in [6.07, 6.45) is 7.45. The lowest BCUT2D eigenvalue weighted by molar-refractivity contribution is 0.540. The maximum absolute atomic E-state index is 2.53. The van der Waals surface area contributed by atoms with E-state index in [1.807, 2.05) is 0 Å². The first-order chi connectivity index (χ1) is 17.2. The zero-order chi connectivity index (χ0) is 28.6. The van der Waals surface area contributed by atoms with Crippen LogP contribution in [-0.2, 0) is 21.7 Å². The lowest BCUT2D eigenvalue weighted by atomic mass is 9.72. The molecule has 0 radical (unpaired) electrons. The highest BCUT2D eigenvalue weighted by molar-refractivity contribution is 5.74. The van der Waals surface area contributed by atoms with Crippen LogP contribution < -0.4 is 0 Å². The Morgan fingerprint density at radius 2 is 0.711 bits per heavy atom. The number of hydrogen-bond donors (Lipinski definition) is 0. The third-order valence-corrected chi connectivity index (χ3v) is 9.09. The van der Waals surface area contributed by atoms with Crippen molar-refractivity contribution >= 4 is 12.2 Å². The van der Waals surface area contributed by atoms with Gasteiger partial charge in [-0.3, -0.25) is 0 Å². The molecule has 0 heterocycles. The molecule has 0 fully saturated rings. The summed E-state index contributed by atoms with van der Waals surface area (Å²) >= 11 is 0. The molecule has 0 saturated heterocycles. The molecule has 0 spiro atoms. The topological polar surface area (TPSA) is 0 Å². The van der Waals surface area contributed by atoms with E-state index in [1.54, 1.807) is 22.3 Å². The minimum Gasteiger partial charge on any atom is -0.0652 e.